The molecule has 612 valence electrons. The summed E-state index contributed by atoms with van der Waals surface area (Å²) in [6.07, 6.45) is 4.70. The smallest absolute Gasteiger partial charge is 0.173 e. The Kier molecular flexibility index (Phi) is 25.7. The molecule has 0 spiro atoms. The normalized spacial score (nSPS) is 18.5. The van der Waals surface area contributed by atoms with Gasteiger partial charge < -0.3 is 48.8 Å². The third-order valence-corrected chi connectivity index (χ3v) is 24.5. The van der Waals surface area contributed by atoms with E-state index in [9.17, 15) is 0 Å². The van der Waals surface area contributed by atoms with Crippen LogP contribution in [0.1, 0.15) is 192 Å². The Labute approximate surface area is 710 Å². The van der Waals surface area contributed by atoms with Crippen molar-refractivity contribution in [2.24, 2.45) is 5.41 Å². The number of benzene rings is 11. The number of ether oxygens (including phenoxy) is 1. The van der Waals surface area contributed by atoms with Crippen LogP contribution in [-0.4, -0.2) is 19.0 Å². The molecule has 5 atom stereocenters. The van der Waals surface area contributed by atoms with Crippen molar-refractivity contribution in [3.63, 3.8) is 0 Å². The van der Waals surface area contributed by atoms with Crippen molar-refractivity contribution >= 4 is 51.2 Å². The molecule has 20 rings (SSSR count). The highest BCUT2D eigenvalue weighted by atomic mass is 16.5. The zero-order valence-electron chi connectivity index (χ0n) is 70.1. The predicted molar refractivity (Wildman–Crippen MR) is 508 cm³/mol. The maximum Gasteiger partial charge on any atom is 0.173 e. The van der Waals surface area contributed by atoms with Crippen LogP contribution >= 0.6 is 0 Å². The minimum atomic E-state index is -0.412. The Morgan fingerprint density at radius 2 is 0.593 bits per heavy atom. The fourth-order valence-electron chi connectivity index (χ4n) is 18.8. The minimum Gasteiger partial charge on any atom is -0.473 e. The van der Waals surface area contributed by atoms with Crippen LogP contribution in [0.5, 0.6) is 0 Å². The van der Waals surface area contributed by atoms with Gasteiger partial charge in [-0.3, -0.25) is 0 Å². The van der Waals surface area contributed by atoms with Gasteiger partial charge >= 0.3 is 0 Å². The summed E-state index contributed by atoms with van der Waals surface area (Å²) < 4.78 is 14.4. The number of rotatable bonds is 7. The summed E-state index contributed by atoms with van der Waals surface area (Å²) in [5.74, 6) is 1.02. The molecular weight excluding hydrogens is 1440 g/mol. The molecule has 0 radical (unpaired) electrons. The van der Waals surface area contributed by atoms with Gasteiger partial charge in [-0.2, -0.15) is 0 Å². The SMILES string of the molecule is C.C.C.C.C.CC1=C(C)N(c2ccccc2C)C(C)O1.CC1=C2Cc3ccccc3N2C(C(C)(C)C)N1c1ccccc1C.CC1=C2Cc3ccccc3N2C(c2c(C)cccc2C)N1c1ccccc1C.CC1=C2Cc3ccccc3N2C(c2ccccc2)N1c1ccccc1C.[2H]C1N(c2ccccc2C)C(C)=C2Cc3ccccc3N21. The molecule has 0 bridgehead atoms. The molecule has 0 saturated heterocycles. The van der Waals surface area contributed by atoms with Gasteiger partial charge in [-0.25, -0.2) is 0 Å². The maximum atomic E-state index is 8.72. The van der Waals surface area contributed by atoms with E-state index in [2.05, 4.69) is 410 Å². The molecule has 0 fully saturated rings. The first-order valence-corrected chi connectivity index (χ1v) is 40.4. The van der Waals surface area contributed by atoms with Crippen LogP contribution in [0, 0.1) is 53.9 Å². The van der Waals surface area contributed by atoms with Crippen LogP contribution in [0.15, 0.2) is 324 Å². The lowest BCUT2D eigenvalue weighted by Gasteiger charge is -2.42. The van der Waals surface area contributed by atoms with Gasteiger partial charge in [0.15, 0.2) is 6.23 Å². The Morgan fingerprint density at radius 3 is 1.01 bits per heavy atom. The molecule has 0 aromatic heterocycles. The summed E-state index contributed by atoms with van der Waals surface area (Å²) >= 11 is 0. The number of hydrogen-bond acceptors (Lipinski definition) is 10. The summed E-state index contributed by atoms with van der Waals surface area (Å²) in [7, 11) is 0. The fourth-order valence-corrected chi connectivity index (χ4v) is 18.8. The Bertz CT molecular complexity index is 5660. The minimum absolute atomic E-state index is 0. The van der Waals surface area contributed by atoms with E-state index in [4.69, 9.17) is 6.11 Å². The van der Waals surface area contributed by atoms with Crippen molar-refractivity contribution in [3.8, 4) is 0 Å². The number of allylic oxidation sites excluding steroid dienone is 10. The van der Waals surface area contributed by atoms with E-state index in [0.29, 0.717) is 6.17 Å². The predicted octanol–water partition coefficient (Wildman–Crippen LogP) is 28.4. The summed E-state index contributed by atoms with van der Waals surface area (Å²) in [5, 5.41) is 0. The van der Waals surface area contributed by atoms with Crippen LogP contribution in [-0.2, 0) is 30.4 Å². The van der Waals surface area contributed by atoms with Gasteiger partial charge in [0.25, 0.3) is 0 Å². The van der Waals surface area contributed by atoms with E-state index >= 15 is 0 Å². The average Bonchev–Trinajstić information content (AvgIpc) is 1.58. The van der Waals surface area contributed by atoms with Crippen molar-refractivity contribution in [1.82, 2.24) is 0 Å². The lowest BCUT2D eigenvalue weighted by molar-refractivity contribution is 0.162. The van der Waals surface area contributed by atoms with Crippen LogP contribution in [0.25, 0.3) is 0 Å². The summed E-state index contributed by atoms with van der Waals surface area (Å²) in [5.41, 5.74) is 41.2. The number of fused-ring (bicyclic) bond motifs is 12. The highest BCUT2D eigenvalue weighted by Gasteiger charge is 2.49. The number of para-hydroxylation sites is 9. The van der Waals surface area contributed by atoms with Gasteiger partial charge in [0, 0.05) is 133 Å². The molecule has 0 aliphatic carbocycles. The van der Waals surface area contributed by atoms with Crippen LogP contribution < -0.4 is 44.1 Å². The molecule has 0 saturated carbocycles. The number of anilines is 9. The van der Waals surface area contributed by atoms with Crippen LogP contribution in [0.3, 0.4) is 0 Å². The number of hydrogen-bond donors (Lipinski definition) is 0. The van der Waals surface area contributed by atoms with Crippen molar-refractivity contribution in [2.45, 2.75) is 205 Å². The van der Waals surface area contributed by atoms with Gasteiger partial charge in [-0.15, -0.1) is 0 Å². The third-order valence-electron chi connectivity index (χ3n) is 24.5. The van der Waals surface area contributed by atoms with E-state index in [1.807, 2.05) is 19.1 Å². The van der Waals surface area contributed by atoms with Crippen LogP contribution in [0.4, 0.5) is 51.2 Å². The molecule has 10 heteroatoms. The van der Waals surface area contributed by atoms with Gasteiger partial charge in [-0.1, -0.05) is 270 Å². The third kappa shape index (κ3) is 15.5. The molecule has 9 heterocycles. The first-order valence-electron chi connectivity index (χ1n) is 41.0. The van der Waals surface area contributed by atoms with Crippen molar-refractivity contribution in [3.05, 3.63) is 396 Å². The average molecular weight is 1570 g/mol. The van der Waals surface area contributed by atoms with E-state index in [1.165, 1.54) is 169 Å². The fraction of sp³-hybridized carbons (Fsp3) is 0.296. The lowest BCUT2D eigenvalue weighted by Crippen LogP contribution is -2.49. The molecular formula is C108H129N9O. The molecule has 11 aromatic rings. The standard InChI is InChI=1S/C26H26N2.C24H22N2.C22H26N2.C18H18N2.C13H17NO.5CH4/c1-17-10-5-7-14-22(17)27-20(4)24-16-21-13-6-8-15-23(21)28(24)26(27)25-18(2)11-9-12-19(25)3;1-17-10-6-8-14-21(17)25-18(2)23-16-20-13-7-9-15-22(20)26(23)24(25)19-11-4-3-5-12-19;1-15-10-6-8-12-18(15)23-16(2)20-14-17-11-7-9-13-19(17)24(20)21(23)22(3,4)5;1-13-7-3-5-9-16(13)19-12-20-17-10-6-4-8-15(17)11-18(20)14(19)2;1-9-7-5-6-8-13(9)14-10(2)11(3)15-12(14)4;;;;;/h5-15,26H,16H2,1-4H3;3-15,24H,16H2,1-2H3;6-13,21H,14H2,1-5H3;3-10H,11-12H2,1-2H3;5-8,12H,1-4H3;5*1H4/i;;;12D;;;;;;. The molecule has 0 N–H and O–H groups in total. The second-order valence-electron chi connectivity index (χ2n) is 32.8. The van der Waals surface area contributed by atoms with E-state index in [0.717, 1.165) is 37.1 Å². The largest absolute Gasteiger partial charge is 0.473 e. The zero-order valence-corrected chi connectivity index (χ0v) is 69.1. The van der Waals surface area contributed by atoms with Gasteiger partial charge in [0.2, 0.25) is 0 Å². The lowest BCUT2D eigenvalue weighted by atomic mass is 9.90. The quantitative estimate of drug-likeness (QED) is 0.154. The molecule has 5 unspecified atom stereocenters. The Morgan fingerprint density at radius 1 is 0.280 bits per heavy atom. The topological polar surface area (TPSA) is 38.4 Å². The van der Waals surface area contributed by atoms with Crippen molar-refractivity contribution < 1.29 is 6.11 Å². The zero-order chi connectivity index (χ0) is 79.7. The van der Waals surface area contributed by atoms with Gasteiger partial charge in [0.05, 0.1) is 13.7 Å². The molecule has 11 aromatic carbocycles. The highest BCUT2D eigenvalue weighted by molar-refractivity contribution is 5.80. The van der Waals surface area contributed by atoms with E-state index in [1.54, 1.807) is 0 Å². The Hall–Kier alpha value is -11.9. The second-order valence-corrected chi connectivity index (χ2v) is 32.8. The number of nitrogens with zero attached hydrogens (tertiary/aromatic N) is 9. The second kappa shape index (κ2) is 35.5. The summed E-state index contributed by atoms with van der Waals surface area (Å²) in [4.78, 5) is 21.9. The molecule has 9 aliphatic rings. The van der Waals surface area contributed by atoms with E-state index in [-0.39, 0.29) is 61.1 Å². The maximum absolute atomic E-state index is 8.72. The molecule has 118 heavy (non-hydrogen) atoms. The van der Waals surface area contributed by atoms with Gasteiger partial charge in [0.1, 0.15) is 24.3 Å². The highest BCUT2D eigenvalue weighted by Crippen LogP contribution is 2.55. The van der Waals surface area contributed by atoms with Crippen molar-refractivity contribution in [1.29, 1.82) is 0 Å². The first-order chi connectivity index (χ1) is 55.0. The number of aryl methyl sites for hydroxylation is 7. The molecule has 9 aliphatic heterocycles. The summed E-state index contributed by atoms with van der Waals surface area (Å²) in [6.45, 7) is 37.1. The van der Waals surface area contributed by atoms with Crippen LogP contribution in [0.2, 0.25) is 0 Å². The summed E-state index contributed by atoms with van der Waals surface area (Å²) in [6, 6.07) is 95.4. The molecule has 0 amide bonds. The monoisotopic (exact) mass is 1570 g/mol. The molecule has 10 nitrogen and oxygen atoms in total. The Balaban J connectivity index is 0.000000146. The first kappa shape index (κ1) is 85.5. The van der Waals surface area contributed by atoms with Gasteiger partial charge in [-0.05, 0) is 218 Å². The van der Waals surface area contributed by atoms with Crippen molar-refractivity contribution in [2.75, 3.05) is 50.7 Å². The van der Waals surface area contributed by atoms with E-state index < -0.39 is 6.64 Å².